The fraction of sp³-hybridized carbons (Fsp3) is 0.160. The summed E-state index contributed by atoms with van der Waals surface area (Å²) in [5, 5.41) is 4.93. The summed E-state index contributed by atoms with van der Waals surface area (Å²) in [7, 11) is 0. The highest BCUT2D eigenvalue weighted by molar-refractivity contribution is 7.17. The molecule has 0 aliphatic carbocycles. The first-order valence-electron chi connectivity index (χ1n) is 11.4. The molecule has 1 amide bonds. The maximum absolute atomic E-state index is 12.8. The molecule has 184 valence electrons. The van der Waals surface area contributed by atoms with E-state index in [1.165, 1.54) is 11.3 Å². The number of nitrogens with zero attached hydrogens (tertiary/aromatic N) is 4. The van der Waals surface area contributed by atoms with Gasteiger partial charge in [-0.2, -0.15) is 0 Å². The second-order valence-corrected chi connectivity index (χ2v) is 9.57. The smallest absolute Gasteiger partial charge is 0.287 e. The number of thiophene rings is 1. The normalized spacial score (nSPS) is 13.1. The molecule has 5 aromatic rings. The van der Waals surface area contributed by atoms with Crippen molar-refractivity contribution in [2.75, 3.05) is 17.2 Å². The van der Waals surface area contributed by atoms with Crippen LogP contribution in [0.1, 0.15) is 27.3 Å². The molecule has 1 aliphatic rings. The molecule has 4 heterocycles. The van der Waals surface area contributed by atoms with Gasteiger partial charge in [0.1, 0.15) is 16.2 Å². The van der Waals surface area contributed by atoms with E-state index in [0.717, 1.165) is 16.7 Å². The van der Waals surface area contributed by atoms with E-state index < -0.39 is 22.3 Å². The van der Waals surface area contributed by atoms with E-state index in [1.807, 2.05) is 23.1 Å². The van der Waals surface area contributed by atoms with Crippen LogP contribution in [-0.2, 0) is 19.5 Å². The van der Waals surface area contributed by atoms with E-state index in [1.54, 1.807) is 24.0 Å². The number of nitrogens with two attached hydrogens (primary N) is 1. The summed E-state index contributed by atoms with van der Waals surface area (Å²) in [6.45, 7) is 1.26. The number of rotatable bonds is 5. The topological polar surface area (TPSA) is 164 Å². The molecular formula is C25H19N7O4S. The maximum Gasteiger partial charge on any atom is 0.287 e. The van der Waals surface area contributed by atoms with Crippen LogP contribution in [0.15, 0.2) is 56.6 Å². The minimum absolute atomic E-state index is 0.0184. The van der Waals surface area contributed by atoms with Crippen molar-refractivity contribution >= 4 is 38.8 Å². The highest BCUT2D eigenvalue weighted by Crippen LogP contribution is 2.29. The Morgan fingerprint density at radius 3 is 2.81 bits per heavy atom. The molecule has 2 aromatic carbocycles. The summed E-state index contributed by atoms with van der Waals surface area (Å²) in [6.07, 6.45) is 5.37. The van der Waals surface area contributed by atoms with E-state index >= 15 is 0 Å². The van der Waals surface area contributed by atoms with Crippen LogP contribution < -0.4 is 32.4 Å². The predicted molar refractivity (Wildman–Crippen MR) is 139 cm³/mol. The van der Waals surface area contributed by atoms with Crippen LogP contribution in [0.3, 0.4) is 0 Å². The molecule has 1 aliphatic heterocycles. The van der Waals surface area contributed by atoms with Crippen molar-refractivity contribution in [3.05, 3.63) is 95.5 Å². The van der Waals surface area contributed by atoms with Gasteiger partial charge in [-0.3, -0.25) is 29.1 Å². The summed E-state index contributed by atoms with van der Waals surface area (Å²) in [5.41, 5.74) is 8.58. The first kappa shape index (κ1) is 22.7. The molecule has 4 N–H and O–H groups in total. The van der Waals surface area contributed by atoms with Crippen LogP contribution in [-0.4, -0.2) is 32.4 Å². The van der Waals surface area contributed by atoms with Crippen molar-refractivity contribution in [1.29, 1.82) is 0 Å². The summed E-state index contributed by atoms with van der Waals surface area (Å²) in [4.78, 5) is 66.5. The van der Waals surface area contributed by atoms with Crippen LogP contribution >= 0.6 is 11.3 Å². The third kappa shape index (κ3) is 3.87. The lowest BCUT2D eigenvalue weighted by Crippen LogP contribution is -2.44. The van der Waals surface area contributed by atoms with Gasteiger partial charge in [0.15, 0.2) is 0 Å². The van der Waals surface area contributed by atoms with E-state index in [9.17, 15) is 19.2 Å². The Morgan fingerprint density at radius 1 is 1.16 bits per heavy atom. The van der Waals surface area contributed by atoms with Crippen LogP contribution in [0.2, 0.25) is 0 Å². The molecule has 0 saturated heterocycles. The average molecular weight is 514 g/mol. The number of hydrogen-bond acceptors (Lipinski definition) is 10. The van der Waals surface area contributed by atoms with Gasteiger partial charge in [0.25, 0.3) is 22.3 Å². The Labute approximate surface area is 212 Å². The quantitative estimate of drug-likeness (QED) is 0.292. The number of aromatic amines is 1. The van der Waals surface area contributed by atoms with Gasteiger partial charge in [-0.15, -0.1) is 11.3 Å². The van der Waals surface area contributed by atoms with E-state index in [2.05, 4.69) is 25.3 Å². The van der Waals surface area contributed by atoms with Gasteiger partial charge in [0.05, 0.1) is 17.3 Å². The first-order chi connectivity index (χ1) is 17.9. The van der Waals surface area contributed by atoms with Gasteiger partial charge in [-0.05, 0) is 23.1 Å². The highest BCUT2D eigenvalue weighted by atomic mass is 32.1. The molecule has 6 rings (SSSR count). The Hall–Kier alpha value is -4.71. The second-order valence-electron chi connectivity index (χ2n) is 8.71. The van der Waals surface area contributed by atoms with Crippen LogP contribution in [0.25, 0.3) is 21.5 Å². The van der Waals surface area contributed by atoms with E-state index in [-0.39, 0.29) is 23.7 Å². The maximum atomic E-state index is 12.8. The third-order valence-electron chi connectivity index (χ3n) is 6.47. The number of H-pyrrole nitrogens is 1. The number of aromatic nitrogens is 4. The fourth-order valence-electron chi connectivity index (χ4n) is 4.57. The van der Waals surface area contributed by atoms with Crippen molar-refractivity contribution in [1.82, 2.24) is 25.3 Å². The van der Waals surface area contributed by atoms with Crippen LogP contribution in [0.4, 0.5) is 11.4 Å². The molecule has 3 aromatic heterocycles. The number of nitrogens with one attached hydrogen (secondary N) is 2. The predicted octanol–water partition coefficient (Wildman–Crippen LogP) is 1.11. The van der Waals surface area contributed by atoms with Crippen molar-refractivity contribution in [2.24, 2.45) is 0 Å². The molecule has 0 atom stereocenters. The number of carbonyl (C=O) groups excluding carboxylic acids is 1. The Morgan fingerprint density at radius 2 is 2.03 bits per heavy atom. The summed E-state index contributed by atoms with van der Waals surface area (Å²) < 4.78 is 0. The minimum Gasteiger partial charge on any atom is -0.394 e. The fourth-order valence-corrected chi connectivity index (χ4v) is 5.50. The number of carbonyl (C=O) groups is 1. The van der Waals surface area contributed by atoms with Gasteiger partial charge in [0, 0.05) is 43.0 Å². The zero-order valence-corrected chi connectivity index (χ0v) is 20.1. The summed E-state index contributed by atoms with van der Waals surface area (Å²) in [6, 6.07) is 5.87. The average Bonchev–Trinajstić information content (AvgIpc) is 3.36. The minimum atomic E-state index is -0.630. The number of fused-ring (bicyclic) bond motifs is 2. The SMILES string of the molecule is Nc1c(N2CCc3ccc(CNC(=O)c4nc5scc(-c6cnccn6)c5c(=O)[nH]4)cc3C2)c(=O)c1=O. The highest BCUT2D eigenvalue weighted by Gasteiger charge is 2.27. The summed E-state index contributed by atoms with van der Waals surface area (Å²) in [5.74, 6) is -0.589. The summed E-state index contributed by atoms with van der Waals surface area (Å²) >= 11 is 1.25. The van der Waals surface area contributed by atoms with Gasteiger partial charge < -0.3 is 20.9 Å². The third-order valence-corrected chi connectivity index (χ3v) is 7.34. The molecule has 37 heavy (non-hydrogen) atoms. The lowest BCUT2D eigenvalue weighted by Gasteiger charge is -2.32. The molecule has 12 heteroatoms. The second kappa shape index (κ2) is 8.75. The van der Waals surface area contributed by atoms with E-state index in [4.69, 9.17) is 5.73 Å². The Bertz CT molecular complexity index is 1820. The Kier molecular flexibility index (Phi) is 5.37. The zero-order chi connectivity index (χ0) is 25.7. The largest absolute Gasteiger partial charge is 0.394 e. The number of amides is 1. The lowest BCUT2D eigenvalue weighted by atomic mass is 9.96. The van der Waals surface area contributed by atoms with Gasteiger partial charge >= 0.3 is 0 Å². The van der Waals surface area contributed by atoms with Gasteiger partial charge in [-0.1, -0.05) is 18.2 Å². The molecule has 0 spiro atoms. The molecule has 0 bridgehead atoms. The van der Waals surface area contributed by atoms with Crippen molar-refractivity contribution < 1.29 is 4.79 Å². The number of nitrogen functional groups attached to an aromatic ring is 1. The van der Waals surface area contributed by atoms with Crippen molar-refractivity contribution in [3.8, 4) is 11.3 Å². The van der Waals surface area contributed by atoms with E-state index in [0.29, 0.717) is 41.0 Å². The molecular weight excluding hydrogens is 494 g/mol. The monoisotopic (exact) mass is 513 g/mol. The Balaban J connectivity index is 1.19. The number of anilines is 2. The van der Waals surface area contributed by atoms with Crippen LogP contribution in [0, 0.1) is 0 Å². The first-order valence-corrected chi connectivity index (χ1v) is 12.3. The van der Waals surface area contributed by atoms with Gasteiger partial charge in [-0.25, -0.2) is 4.98 Å². The zero-order valence-electron chi connectivity index (χ0n) is 19.3. The number of hydrogen-bond donors (Lipinski definition) is 3. The molecule has 0 radical (unpaired) electrons. The number of benzene rings is 1. The lowest BCUT2D eigenvalue weighted by molar-refractivity contribution is 0.0940. The molecule has 0 saturated carbocycles. The molecule has 0 unspecified atom stereocenters. The van der Waals surface area contributed by atoms with Crippen molar-refractivity contribution in [3.63, 3.8) is 0 Å². The molecule has 11 nitrogen and oxygen atoms in total. The van der Waals surface area contributed by atoms with Crippen LogP contribution in [0.5, 0.6) is 0 Å². The standard InChI is InChI=1S/C25H19N7O4S/c26-18-19(21(34)20(18)33)32-6-3-13-2-1-12(7-14(13)10-32)8-29-24(36)22-30-23(35)17-15(11-37-25(17)31-22)16-9-27-4-5-28-16/h1-2,4-5,7,9,11H,3,6,8,10,26H2,(H,29,36)(H,30,31,35). The van der Waals surface area contributed by atoms with Gasteiger partial charge in [0.2, 0.25) is 5.82 Å². The molecule has 0 fully saturated rings. The van der Waals surface area contributed by atoms with Crippen molar-refractivity contribution in [2.45, 2.75) is 19.5 Å².